The maximum atomic E-state index is 8.84. The van der Waals surface area contributed by atoms with E-state index in [9.17, 15) is 0 Å². The van der Waals surface area contributed by atoms with Crippen molar-refractivity contribution < 1.29 is 0 Å². The van der Waals surface area contributed by atoms with Crippen LogP contribution in [0.15, 0.2) is 18.2 Å². The summed E-state index contributed by atoms with van der Waals surface area (Å²) in [5.74, 6) is 0. The highest BCUT2D eigenvalue weighted by molar-refractivity contribution is 5.37. The molecule has 19 heavy (non-hydrogen) atoms. The molecule has 3 heteroatoms. The lowest BCUT2D eigenvalue weighted by molar-refractivity contribution is 0.277. The standard InChI is InChI=1S/C16H23N3/c1-3-19(16-6-7-16)9-8-18-12-15-5-4-14(11-17)10-13(15)2/h4-5,10,16,18H,3,6-9,12H2,1-2H3. The van der Waals surface area contributed by atoms with Crippen LogP contribution in [-0.4, -0.2) is 30.6 Å². The Bertz CT molecular complexity index is 458. The monoisotopic (exact) mass is 257 g/mol. The van der Waals surface area contributed by atoms with Crippen molar-refractivity contribution in [1.82, 2.24) is 10.2 Å². The van der Waals surface area contributed by atoms with Gasteiger partial charge in [0.05, 0.1) is 11.6 Å². The highest BCUT2D eigenvalue weighted by Crippen LogP contribution is 2.25. The molecule has 0 atom stereocenters. The van der Waals surface area contributed by atoms with Crippen LogP contribution < -0.4 is 5.32 Å². The second-order valence-electron chi connectivity index (χ2n) is 5.29. The molecule has 0 radical (unpaired) electrons. The van der Waals surface area contributed by atoms with Crippen LogP contribution in [0.3, 0.4) is 0 Å². The van der Waals surface area contributed by atoms with Crippen LogP contribution in [0.5, 0.6) is 0 Å². The Balaban J connectivity index is 1.74. The van der Waals surface area contributed by atoms with Crippen molar-refractivity contribution in [3.63, 3.8) is 0 Å². The zero-order valence-electron chi connectivity index (χ0n) is 11.9. The molecule has 3 nitrogen and oxygen atoms in total. The second kappa shape index (κ2) is 6.70. The molecule has 1 fully saturated rings. The van der Waals surface area contributed by atoms with E-state index in [-0.39, 0.29) is 0 Å². The van der Waals surface area contributed by atoms with Gasteiger partial charge in [0.2, 0.25) is 0 Å². The van der Waals surface area contributed by atoms with Gasteiger partial charge in [-0.25, -0.2) is 0 Å². The van der Waals surface area contributed by atoms with Gasteiger partial charge in [0.25, 0.3) is 0 Å². The molecular formula is C16H23N3. The van der Waals surface area contributed by atoms with E-state index in [1.54, 1.807) is 0 Å². The minimum atomic E-state index is 0.743. The average Bonchev–Trinajstić information content (AvgIpc) is 3.24. The minimum absolute atomic E-state index is 0.743. The number of rotatable bonds is 7. The van der Waals surface area contributed by atoms with E-state index < -0.39 is 0 Å². The highest BCUT2D eigenvalue weighted by atomic mass is 15.2. The molecule has 0 spiro atoms. The fraction of sp³-hybridized carbons (Fsp3) is 0.562. The first-order chi connectivity index (χ1) is 9.24. The summed E-state index contributed by atoms with van der Waals surface area (Å²) in [4.78, 5) is 2.55. The number of benzene rings is 1. The third kappa shape index (κ3) is 4.05. The summed E-state index contributed by atoms with van der Waals surface area (Å²) in [5.41, 5.74) is 3.22. The van der Waals surface area contributed by atoms with Crippen LogP contribution in [0.25, 0.3) is 0 Å². The third-order valence-electron chi connectivity index (χ3n) is 3.83. The molecule has 0 heterocycles. The summed E-state index contributed by atoms with van der Waals surface area (Å²) in [6.07, 6.45) is 2.76. The maximum Gasteiger partial charge on any atom is 0.0991 e. The lowest BCUT2D eigenvalue weighted by Crippen LogP contribution is -2.33. The molecule has 1 aromatic carbocycles. The zero-order chi connectivity index (χ0) is 13.7. The second-order valence-corrected chi connectivity index (χ2v) is 5.29. The van der Waals surface area contributed by atoms with Gasteiger partial charge in [-0.15, -0.1) is 0 Å². The van der Waals surface area contributed by atoms with Crippen molar-refractivity contribution in [3.8, 4) is 6.07 Å². The molecule has 0 unspecified atom stereocenters. The third-order valence-corrected chi connectivity index (χ3v) is 3.83. The van der Waals surface area contributed by atoms with E-state index >= 15 is 0 Å². The molecule has 102 valence electrons. The number of nitrogens with zero attached hydrogens (tertiary/aromatic N) is 2. The van der Waals surface area contributed by atoms with Gasteiger partial charge in [-0.3, -0.25) is 4.90 Å². The lowest BCUT2D eigenvalue weighted by atomic mass is 10.1. The van der Waals surface area contributed by atoms with E-state index in [1.165, 1.54) is 24.0 Å². The smallest absolute Gasteiger partial charge is 0.0991 e. The van der Waals surface area contributed by atoms with E-state index in [2.05, 4.69) is 36.2 Å². The van der Waals surface area contributed by atoms with Gasteiger partial charge >= 0.3 is 0 Å². The molecular weight excluding hydrogens is 234 g/mol. The molecule has 1 aliphatic rings. The van der Waals surface area contributed by atoms with Gasteiger partial charge in [0, 0.05) is 25.7 Å². The Morgan fingerprint density at radius 1 is 1.42 bits per heavy atom. The number of nitrogens with one attached hydrogen (secondary N) is 1. The SMILES string of the molecule is CCN(CCNCc1ccc(C#N)cc1C)C1CC1. The predicted octanol–water partition coefficient (Wildman–Crippen LogP) is 2.44. The normalized spacial score (nSPS) is 14.6. The van der Waals surface area contributed by atoms with Gasteiger partial charge in [-0.2, -0.15) is 5.26 Å². The van der Waals surface area contributed by atoms with E-state index in [0.717, 1.165) is 37.8 Å². The summed E-state index contributed by atoms with van der Waals surface area (Å²) in [7, 11) is 0. The molecule has 1 saturated carbocycles. The van der Waals surface area contributed by atoms with Crippen molar-refractivity contribution in [1.29, 1.82) is 5.26 Å². The zero-order valence-corrected chi connectivity index (χ0v) is 11.9. The molecule has 1 aliphatic carbocycles. The number of hydrogen-bond donors (Lipinski definition) is 1. The van der Waals surface area contributed by atoms with Gasteiger partial charge < -0.3 is 5.32 Å². The Morgan fingerprint density at radius 2 is 2.21 bits per heavy atom. The van der Waals surface area contributed by atoms with Crippen molar-refractivity contribution in [2.45, 2.75) is 39.3 Å². The summed E-state index contributed by atoms with van der Waals surface area (Å²) in [6.45, 7) is 8.52. The number of aryl methyl sites for hydroxylation is 1. The van der Waals surface area contributed by atoms with Crippen LogP contribution in [0, 0.1) is 18.3 Å². The molecule has 2 rings (SSSR count). The number of hydrogen-bond acceptors (Lipinski definition) is 3. The number of likely N-dealkylation sites (N-methyl/N-ethyl adjacent to an activating group) is 1. The summed E-state index contributed by atoms with van der Waals surface area (Å²) >= 11 is 0. The Morgan fingerprint density at radius 3 is 2.79 bits per heavy atom. The van der Waals surface area contributed by atoms with Crippen LogP contribution in [0.1, 0.15) is 36.5 Å². The average molecular weight is 257 g/mol. The van der Waals surface area contributed by atoms with E-state index in [1.807, 2.05) is 12.1 Å². The molecule has 0 saturated heterocycles. The number of nitriles is 1. The van der Waals surface area contributed by atoms with E-state index in [0.29, 0.717) is 0 Å². The summed E-state index contributed by atoms with van der Waals surface area (Å²) in [5, 5.41) is 12.3. The highest BCUT2D eigenvalue weighted by Gasteiger charge is 2.26. The van der Waals surface area contributed by atoms with Crippen LogP contribution in [-0.2, 0) is 6.54 Å². The van der Waals surface area contributed by atoms with Crippen molar-refractivity contribution in [2.24, 2.45) is 0 Å². The van der Waals surface area contributed by atoms with Crippen LogP contribution in [0.2, 0.25) is 0 Å². The van der Waals surface area contributed by atoms with Crippen molar-refractivity contribution in [2.75, 3.05) is 19.6 Å². The van der Waals surface area contributed by atoms with Gasteiger partial charge in [-0.1, -0.05) is 13.0 Å². The molecule has 0 amide bonds. The minimum Gasteiger partial charge on any atom is -0.311 e. The Labute approximate surface area is 116 Å². The first-order valence-electron chi connectivity index (χ1n) is 7.19. The Hall–Kier alpha value is -1.37. The van der Waals surface area contributed by atoms with E-state index in [4.69, 9.17) is 5.26 Å². The van der Waals surface area contributed by atoms with Crippen LogP contribution >= 0.6 is 0 Å². The quantitative estimate of drug-likeness (QED) is 0.763. The van der Waals surface area contributed by atoms with Crippen molar-refractivity contribution >= 4 is 0 Å². The van der Waals surface area contributed by atoms with Crippen molar-refractivity contribution in [3.05, 3.63) is 34.9 Å². The molecule has 1 N–H and O–H groups in total. The first-order valence-corrected chi connectivity index (χ1v) is 7.19. The molecule has 0 aliphatic heterocycles. The van der Waals surface area contributed by atoms with Gasteiger partial charge in [0.15, 0.2) is 0 Å². The molecule has 1 aromatic rings. The fourth-order valence-electron chi connectivity index (χ4n) is 2.45. The first kappa shape index (κ1) is 14.0. The fourth-order valence-corrected chi connectivity index (χ4v) is 2.45. The summed E-state index contributed by atoms with van der Waals surface area (Å²) < 4.78 is 0. The summed E-state index contributed by atoms with van der Waals surface area (Å²) in [6, 6.07) is 8.94. The Kier molecular flexibility index (Phi) is 4.95. The van der Waals surface area contributed by atoms with Gasteiger partial charge in [0.1, 0.15) is 0 Å². The maximum absolute atomic E-state index is 8.84. The van der Waals surface area contributed by atoms with Gasteiger partial charge in [-0.05, 0) is 49.6 Å². The molecule has 0 bridgehead atoms. The van der Waals surface area contributed by atoms with Crippen LogP contribution in [0.4, 0.5) is 0 Å². The molecule has 0 aromatic heterocycles. The topological polar surface area (TPSA) is 39.1 Å². The lowest BCUT2D eigenvalue weighted by Gasteiger charge is -2.20. The predicted molar refractivity (Wildman–Crippen MR) is 77.9 cm³/mol. The largest absolute Gasteiger partial charge is 0.311 e.